The highest BCUT2D eigenvalue weighted by molar-refractivity contribution is 5.35. The molecule has 0 heterocycles. The summed E-state index contributed by atoms with van der Waals surface area (Å²) in [6.45, 7) is 9.64. The third-order valence-corrected chi connectivity index (χ3v) is 3.09. The van der Waals surface area contributed by atoms with Gasteiger partial charge in [0.25, 0.3) is 0 Å². The molecule has 0 radical (unpaired) electrons. The van der Waals surface area contributed by atoms with Crippen LogP contribution in [0.2, 0.25) is 0 Å². The fourth-order valence-corrected chi connectivity index (χ4v) is 1.92. The van der Waals surface area contributed by atoms with Gasteiger partial charge in [-0.2, -0.15) is 0 Å². The van der Waals surface area contributed by atoms with Gasteiger partial charge in [0, 0.05) is 11.6 Å². The molecule has 1 aromatic rings. The topological polar surface area (TPSA) is 35.2 Å². The normalized spacial score (nSPS) is 13.4. The van der Waals surface area contributed by atoms with Gasteiger partial charge in [0.15, 0.2) is 0 Å². The minimum Gasteiger partial charge on any atom is -0.493 e. The number of hydrogen-bond acceptors (Lipinski definition) is 2. The zero-order chi connectivity index (χ0) is 13.6. The number of nitrogens with two attached hydrogens (primary N) is 1. The molecular formula is C16H27NO. The van der Waals surface area contributed by atoms with E-state index in [2.05, 4.69) is 33.8 Å². The van der Waals surface area contributed by atoms with E-state index in [1.54, 1.807) is 0 Å². The van der Waals surface area contributed by atoms with Crippen LogP contribution in [-0.2, 0) is 0 Å². The zero-order valence-electron chi connectivity index (χ0n) is 12.2. The van der Waals surface area contributed by atoms with Crippen LogP contribution in [0.15, 0.2) is 24.3 Å². The molecule has 102 valence electrons. The molecule has 18 heavy (non-hydrogen) atoms. The molecule has 0 aromatic heterocycles. The summed E-state index contributed by atoms with van der Waals surface area (Å²) in [5.74, 6) is 0.945. The van der Waals surface area contributed by atoms with Crippen molar-refractivity contribution < 1.29 is 4.74 Å². The molecule has 0 aliphatic carbocycles. The predicted molar refractivity (Wildman–Crippen MR) is 77.8 cm³/mol. The van der Waals surface area contributed by atoms with Crippen LogP contribution in [-0.4, -0.2) is 6.61 Å². The van der Waals surface area contributed by atoms with Crippen molar-refractivity contribution in [3.8, 4) is 5.75 Å². The Bertz CT molecular complexity index is 354. The summed E-state index contributed by atoms with van der Waals surface area (Å²) in [5.41, 5.74) is 7.59. The predicted octanol–water partition coefficient (Wildman–Crippen LogP) is 4.30. The van der Waals surface area contributed by atoms with Crippen molar-refractivity contribution in [3.63, 3.8) is 0 Å². The van der Waals surface area contributed by atoms with Gasteiger partial charge >= 0.3 is 0 Å². The number of hydrogen-bond donors (Lipinski definition) is 1. The van der Waals surface area contributed by atoms with Gasteiger partial charge in [-0.3, -0.25) is 0 Å². The number of para-hydroxylation sites is 1. The molecular weight excluding hydrogens is 222 g/mol. The van der Waals surface area contributed by atoms with Crippen LogP contribution in [0.4, 0.5) is 0 Å². The molecule has 0 amide bonds. The summed E-state index contributed by atoms with van der Waals surface area (Å²) in [7, 11) is 0. The molecule has 0 spiro atoms. The van der Waals surface area contributed by atoms with Gasteiger partial charge in [-0.15, -0.1) is 0 Å². The molecule has 0 saturated carbocycles. The third-order valence-electron chi connectivity index (χ3n) is 3.09. The van der Waals surface area contributed by atoms with Crippen molar-refractivity contribution in [3.05, 3.63) is 29.8 Å². The summed E-state index contributed by atoms with van der Waals surface area (Å²) in [5, 5.41) is 0. The maximum Gasteiger partial charge on any atom is 0.124 e. The largest absolute Gasteiger partial charge is 0.493 e. The molecule has 1 aromatic carbocycles. The van der Waals surface area contributed by atoms with Crippen LogP contribution in [0, 0.1) is 5.41 Å². The Labute approximate surface area is 112 Å². The second-order valence-corrected chi connectivity index (χ2v) is 6.07. The lowest BCUT2D eigenvalue weighted by atomic mass is 9.91. The van der Waals surface area contributed by atoms with Crippen molar-refractivity contribution in [1.82, 2.24) is 0 Å². The number of benzene rings is 1. The van der Waals surface area contributed by atoms with Crippen LogP contribution in [0.1, 0.15) is 58.6 Å². The molecule has 2 N–H and O–H groups in total. The van der Waals surface area contributed by atoms with Gasteiger partial charge in [-0.1, -0.05) is 45.9 Å². The quantitative estimate of drug-likeness (QED) is 0.763. The van der Waals surface area contributed by atoms with Gasteiger partial charge in [0.2, 0.25) is 0 Å². The molecule has 1 atom stereocenters. The summed E-state index contributed by atoms with van der Waals surface area (Å²) in [6, 6.07) is 8.18. The first-order chi connectivity index (χ1) is 8.44. The van der Waals surface area contributed by atoms with E-state index in [1.807, 2.05) is 18.2 Å². The van der Waals surface area contributed by atoms with Crippen molar-refractivity contribution in [1.29, 1.82) is 0 Å². The Morgan fingerprint density at radius 3 is 2.50 bits per heavy atom. The lowest BCUT2D eigenvalue weighted by Gasteiger charge is -2.19. The fourth-order valence-electron chi connectivity index (χ4n) is 1.92. The van der Waals surface area contributed by atoms with Gasteiger partial charge in [-0.05, 0) is 30.7 Å². The number of rotatable bonds is 6. The van der Waals surface area contributed by atoms with E-state index in [0.717, 1.165) is 30.8 Å². The molecule has 0 saturated heterocycles. The Kier molecular flexibility index (Phi) is 5.67. The average molecular weight is 249 g/mol. The summed E-state index contributed by atoms with van der Waals surface area (Å²) < 4.78 is 5.88. The molecule has 2 heteroatoms. The second-order valence-electron chi connectivity index (χ2n) is 6.07. The average Bonchev–Trinajstić information content (AvgIpc) is 2.33. The zero-order valence-corrected chi connectivity index (χ0v) is 12.2. The van der Waals surface area contributed by atoms with E-state index in [4.69, 9.17) is 10.5 Å². The van der Waals surface area contributed by atoms with E-state index in [0.29, 0.717) is 5.41 Å². The minimum absolute atomic E-state index is 0.0730. The Morgan fingerprint density at radius 2 is 1.89 bits per heavy atom. The van der Waals surface area contributed by atoms with Crippen LogP contribution in [0.3, 0.4) is 0 Å². The highest BCUT2D eigenvalue weighted by atomic mass is 16.5. The monoisotopic (exact) mass is 249 g/mol. The fraction of sp³-hybridized carbons (Fsp3) is 0.625. The summed E-state index contributed by atoms with van der Waals surface area (Å²) >= 11 is 0. The van der Waals surface area contributed by atoms with Gasteiger partial charge in [0.05, 0.1) is 6.61 Å². The Hall–Kier alpha value is -1.02. The van der Waals surface area contributed by atoms with Crippen LogP contribution < -0.4 is 10.5 Å². The van der Waals surface area contributed by atoms with Crippen molar-refractivity contribution in [2.45, 2.75) is 53.0 Å². The minimum atomic E-state index is 0.0730. The van der Waals surface area contributed by atoms with E-state index in [9.17, 15) is 0 Å². The molecule has 1 rings (SSSR count). The van der Waals surface area contributed by atoms with Crippen LogP contribution >= 0.6 is 0 Å². The number of ether oxygens (including phenoxy) is 1. The maximum atomic E-state index is 6.09. The maximum absolute atomic E-state index is 6.09. The lowest BCUT2D eigenvalue weighted by Crippen LogP contribution is -2.12. The summed E-state index contributed by atoms with van der Waals surface area (Å²) in [6.07, 6.45) is 3.19. The Morgan fingerprint density at radius 1 is 1.22 bits per heavy atom. The van der Waals surface area contributed by atoms with Crippen LogP contribution in [0.5, 0.6) is 5.75 Å². The lowest BCUT2D eigenvalue weighted by molar-refractivity contribution is 0.266. The van der Waals surface area contributed by atoms with Crippen LogP contribution in [0.25, 0.3) is 0 Å². The van der Waals surface area contributed by atoms with Crippen molar-refractivity contribution in [2.75, 3.05) is 6.61 Å². The third kappa shape index (κ3) is 5.09. The SMILES string of the molecule is CC[C@H](N)c1ccccc1OCCCC(C)(C)C. The van der Waals surface area contributed by atoms with E-state index in [-0.39, 0.29) is 6.04 Å². The first kappa shape index (κ1) is 15.0. The summed E-state index contributed by atoms with van der Waals surface area (Å²) in [4.78, 5) is 0. The smallest absolute Gasteiger partial charge is 0.124 e. The molecule has 0 aliphatic rings. The second kappa shape index (κ2) is 6.79. The molecule has 2 nitrogen and oxygen atoms in total. The molecule has 0 unspecified atom stereocenters. The first-order valence-corrected chi connectivity index (χ1v) is 6.91. The molecule has 0 bridgehead atoms. The highest BCUT2D eigenvalue weighted by Crippen LogP contribution is 2.26. The molecule has 0 aliphatic heterocycles. The molecule has 0 fully saturated rings. The van der Waals surface area contributed by atoms with E-state index < -0.39 is 0 Å². The van der Waals surface area contributed by atoms with Crippen molar-refractivity contribution in [2.24, 2.45) is 11.1 Å². The highest BCUT2D eigenvalue weighted by Gasteiger charge is 2.11. The van der Waals surface area contributed by atoms with Gasteiger partial charge in [0.1, 0.15) is 5.75 Å². The van der Waals surface area contributed by atoms with Gasteiger partial charge < -0.3 is 10.5 Å². The standard InChI is InChI=1S/C16H27NO/c1-5-14(17)13-9-6-7-10-15(13)18-12-8-11-16(2,3)4/h6-7,9-10,14H,5,8,11-12,17H2,1-4H3/t14-/m0/s1. The van der Waals surface area contributed by atoms with E-state index >= 15 is 0 Å². The van der Waals surface area contributed by atoms with E-state index in [1.165, 1.54) is 6.42 Å². The van der Waals surface area contributed by atoms with Crippen molar-refractivity contribution >= 4 is 0 Å². The Balaban J connectivity index is 2.52. The van der Waals surface area contributed by atoms with Gasteiger partial charge in [-0.25, -0.2) is 0 Å². The first-order valence-electron chi connectivity index (χ1n) is 6.91.